The highest BCUT2D eigenvalue weighted by molar-refractivity contribution is 5.89. The van der Waals surface area contributed by atoms with E-state index in [0.29, 0.717) is 5.69 Å². The predicted octanol–water partition coefficient (Wildman–Crippen LogP) is 2.27. The van der Waals surface area contributed by atoms with Gasteiger partial charge in [-0.1, -0.05) is 12.8 Å². The van der Waals surface area contributed by atoms with Crippen LogP contribution in [0.15, 0.2) is 24.3 Å². The van der Waals surface area contributed by atoms with Gasteiger partial charge in [-0.2, -0.15) is 0 Å². The molecule has 0 saturated heterocycles. The Balaban J connectivity index is 1.90. The zero-order valence-corrected chi connectivity index (χ0v) is 11.6. The monoisotopic (exact) mass is 293 g/mol. The molecule has 1 aliphatic rings. The topological polar surface area (TPSA) is 104 Å². The first kappa shape index (κ1) is 15.2. The molecule has 0 aromatic heterocycles. The van der Waals surface area contributed by atoms with Gasteiger partial charge < -0.3 is 15.7 Å². The fourth-order valence-corrected chi connectivity index (χ4v) is 2.62. The SMILES string of the molecule is O=C(Nc1ccc([N+](=O)[O-])cc1)N[C@H]1CCCC[C@@H]1CO. The zero-order valence-electron chi connectivity index (χ0n) is 11.6. The Kier molecular flexibility index (Phi) is 5.10. The van der Waals surface area contributed by atoms with Crippen molar-refractivity contribution in [3.05, 3.63) is 34.4 Å². The van der Waals surface area contributed by atoms with E-state index in [2.05, 4.69) is 10.6 Å². The van der Waals surface area contributed by atoms with Crippen LogP contribution in [0.5, 0.6) is 0 Å². The van der Waals surface area contributed by atoms with Gasteiger partial charge in [0.15, 0.2) is 0 Å². The van der Waals surface area contributed by atoms with Crippen molar-refractivity contribution in [2.24, 2.45) is 5.92 Å². The number of aliphatic hydroxyl groups is 1. The van der Waals surface area contributed by atoms with Crippen LogP contribution in [0.1, 0.15) is 25.7 Å². The van der Waals surface area contributed by atoms with Gasteiger partial charge in [-0.3, -0.25) is 10.1 Å². The number of nitro benzene ring substituents is 1. The number of carbonyl (C=O) groups excluding carboxylic acids is 1. The van der Waals surface area contributed by atoms with Crippen molar-refractivity contribution in [3.63, 3.8) is 0 Å². The quantitative estimate of drug-likeness (QED) is 0.585. The minimum atomic E-state index is -0.488. The summed E-state index contributed by atoms with van der Waals surface area (Å²) in [5.41, 5.74) is 0.475. The normalized spacial score (nSPS) is 21.6. The van der Waals surface area contributed by atoms with Crippen molar-refractivity contribution in [1.29, 1.82) is 0 Å². The maximum absolute atomic E-state index is 11.9. The molecule has 1 fully saturated rings. The fourth-order valence-electron chi connectivity index (χ4n) is 2.62. The Labute approximate surface area is 122 Å². The predicted molar refractivity (Wildman–Crippen MR) is 78.1 cm³/mol. The Morgan fingerprint density at radius 2 is 1.95 bits per heavy atom. The van der Waals surface area contributed by atoms with Crippen molar-refractivity contribution in [3.8, 4) is 0 Å². The second-order valence-electron chi connectivity index (χ2n) is 5.24. The Morgan fingerprint density at radius 1 is 1.29 bits per heavy atom. The molecular weight excluding hydrogens is 274 g/mol. The van der Waals surface area contributed by atoms with Crippen LogP contribution in [0.25, 0.3) is 0 Å². The summed E-state index contributed by atoms with van der Waals surface area (Å²) >= 11 is 0. The van der Waals surface area contributed by atoms with Gasteiger partial charge in [0.25, 0.3) is 5.69 Å². The molecule has 1 aromatic carbocycles. The molecule has 114 valence electrons. The van der Waals surface area contributed by atoms with Crippen molar-refractivity contribution < 1.29 is 14.8 Å². The second-order valence-corrected chi connectivity index (χ2v) is 5.24. The lowest BCUT2D eigenvalue weighted by Crippen LogP contribution is -2.45. The highest BCUT2D eigenvalue weighted by Gasteiger charge is 2.25. The minimum absolute atomic E-state index is 0.0198. The number of urea groups is 1. The number of nitrogens with zero attached hydrogens (tertiary/aromatic N) is 1. The molecule has 2 rings (SSSR count). The van der Waals surface area contributed by atoms with E-state index in [1.807, 2.05) is 0 Å². The molecule has 7 nitrogen and oxygen atoms in total. The van der Waals surface area contributed by atoms with Crippen LogP contribution in [0.2, 0.25) is 0 Å². The van der Waals surface area contributed by atoms with Crippen LogP contribution in [0, 0.1) is 16.0 Å². The largest absolute Gasteiger partial charge is 0.396 e. The molecule has 2 amide bonds. The van der Waals surface area contributed by atoms with Crippen molar-refractivity contribution >= 4 is 17.4 Å². The Bertz CT molecular complexity index is 503. The van der Waals surface area contributed by atoms with Crippen LogP contribution in [0.4, 0.5) is 16.2 Å². The maximum Gasteiger partial charge on any atom is 0.319 e. The lowest BCUT2D eigenvalue weighted by molar-refractivity contribution is -0.384. The van der Waals surface area contributed by atoms with Crippen LogP contribution in [0.3, 0.4) is 0 Å². The standard InChI is InChI=1S/C14H19N3O4/c18-9-10-3-1-2-4-13(10)16-14(19)15-11-5-7-12(8-6-11)17(20)21/h5-8,10,13,18H,1-4,9H2,(H2,15,16,19)/t10-,13+/m1/s1. The van der Waals surface area contributed by atoms with E-state index in [1.165, 1.54) is 24.3 Å². The van der Waals surface area contributed by atoms with Crippen LogP contribution < -0.4 is 10.6 Å². The summed E-state index contributed by atoms with van der Waals surface area (Å²) in [4.78, 5) is 22.0. The van der Waals surface area contributed by atoms with Crippen LogP contribution >= 0.6 is 0 Å². The number of hydrogen-bond donors (Lipinski definition) is 3. The van der Waals surface area contributed by atoms with E-state index in [9.17, 15) is 20.0 Å². The summed E-state index contributed by atoms with van der Waals surface area (Å²) in [6.07, 6.45) is 3.89. The van der Waals surface area contributed by atoms with E-state index in [1.54, 1.807) is 0 Å². The second kappa shape index (κ2) is 7.03. The van der Waals surface area contributed by atoms with E-state index < -0.39 is 4.92 Å². The number of rotatable bonds is 4. The smallest absolute Gasteiger partial charge is 0.319 e. The molecule has 0 heterocycles. The van der Waals surface area contributed by atoms with Gasteiger partial charge in [0.05, 0.1) is 4.92 Å². The molecule has 3 N–H and O–H groups in total. The number of amides is 2. The van der Waals surface area contributed by atoms with Gasteiger partial charge in [-0.25, -0.2) is 4.79 Å². The van der Waals surface area contributed by atoms with E-state index in [4.69, 9.17) is 0 Å². The molecule has 0 spiro atoms. The first-order valence-electron chi connectivity index (χ1n) is 7.03. The molecular formula is C14H19N3O4. The lowest BCUT2D eigenvalue weighted by Gasteiger charge is -2.30. The van der Waals surface area contributed by atoms with Gasteiger partial charge in [0.1, 0.15) is 0 Å². The third kappa shape index (κ3) is 4.16. The first-order valence-corrected chi connectivity index (χ1v) is 7.03. The number of benzene rings is 1. The number of hydrogen-bond acceptors (Lipinski definition) is 4. The molecule has 21 heavy (non-hydrogen) atoms. The van der Waals surface area contributed by atoms with Gasteiger partial charge in [-0.05, 0) is 25.0 Å². The summed E-state index contributed by atoms with van der Waals surface area (Å²) in [5, 5.41) is 25.4. The number of nitro groups is 1. The number of carbonyl (C=O) groups is 1. The van der Waals surface area contributed by atoms with E-state index in [-0.39, 0.29) is 30.3 Å². The number of aliphatic hydroxyl groups excluding tert-OH is 1. The fraction of sp³-hybridized carbons (Fsp3) is 0.500. The summed E-state index contributed by atoms with van der Waals surface area (Å²) < 4.78 is 0. The molecule has 1 saturated carbocycles. The summed E-state index contributed by atoms with van der Waals surface area (Å²) in [5.74, 6) is 0.0985. The molecule has 7 heteroatoms. The highest BCUT2D eigenvalue weighted by Crippen LogP contribution is 2.24. The summed E-state index contributed by atoms with van der Waals surface area (Å²) in [6.45, 7) is 0.0719. The van der Waals surface area contributed by atoms with Crippen LogP contribution in [-0.2, 0) is 0 Å². The van der Waals surface area contributed by atoms with Gasteiger partial charge in [-0.15, -0.1) is 0 Å². The van der Waals surface area contributed by atoms with Gasteiger partial charge in [0, 0.05) is 36.4 Å². The molecule has 0 aliphatic heterocycles. The number of anilines is 1. The average Bonchev–Trinajstić information content (AvgIpc) is 2.48. The van der Waals surface area contributed by atoms with Crippen molar-refractivity contribution in [2.45, 2.75) is 31.7 Å². The third-order valence-corrected chi connectivity index (χ3v) is 3.80. The van der Waals surface area contributed by atoms with E-state index in [0.717, 1.165) is 25.7 Å². The highest BCUT2D eigenvalue weighted by atomic mass is 16.6. The summed E-state index contributed by atoms with van der Waals surface area (Å²) in [6, 6.07) is 5.28. The lowest BCUT2D eigenvalue weighted by atomic mass is 9.85. The molecule has 2 atom stereocenters. The van der Waals surface area contributed by atoms with Crippen LogP contribution in [-0.4, -0.2) is 28.7 Å². The zero-order chi connectivity index (χ0) is 15.2. The Morgan fingerprint density at radius 3 is 2.57 bits per heavy atom. The first-order chi connectivity index (χ1) is 10.1. The van der Waals surface area contributed by atoms with Crippen molar-refractivity contribution in [1.82, 2.24) is 5.32 Å². The van der Waals surface area contributed by atoms with E-state index >= 15 is 0 Å². The average molecular weight is 293 g/mol. The van der Waals surface area contributed by atoms with Gasteiger partial charge in [0.2, 0.25) is 0 Å². The molecule has 1 aliphatic carbocycles. The Hall–Kier alpha value is -2.15. The number of nitrogens with one attached hydrogen (secondary N) is 2. The van der Waals surface area contributed by atoms with Gasteiger partial charge >= 0.3 is 6.03 Å². The minimum Gasteiger partial charge on any atom is -0.396 e. The molecule has 0 unspecified atom stereocenters. The maximum atomic E-state index is 11.9. The molecule has 1 aromatic rings. The molecule has 0 radical (unpaired) electrons. The van der Waals surface area contributed by atoms with Crippen molar-refractivity contribution in [2.75, 3.05) is 11.9 Å². The third-order valence-electron chi connectivity index (χ3n) is 3.80. The molecule has 0 bridgehead atoms. The number of non-ortho nitro benzene ring substituents is 1. The summed E-state index contributed by atoms with van der Waals surface area (Å²) in [7, 11) is 0.